The van der Waals surface area contributed by atoms with Gasteiger partial charge in [0.25, 0.3) is 5.69 Å². The van der Waals surface area contributed by atoms with Crippen LogP contribution in [0.3, 0.4) is 0 Å². The molecule has 0 saturated carbocycles. The first kappa shape index (κ1) is 61.3. The standard InChI is InChI=1S/C32H53N2O11P.6CH4/c1-10-12-18-42-29(37)32(6,23-30(3,4)22-27(35)25-13-15-26(16-14-25)33(38)39)24-31(5,11-2)28(36)43-20-21-45-46(40,41)44-19-17-34(7,8)9;;;;;;/h13-16H,10-12,17-24H2,1-9H3;6*1H4/p+1. The molecule has 0 spiro atoms. The summed E-state index contributed by atoms with van der Waals surface area (Å²) >= 11 is 0. The fourth-order valence-corrected chi connectivity index (χ4v) is 5.94. The normalized spacial score (nSPS) is 14.2. The van der Waals surface area contributed by atoms with E-state index >= 15 is 0 Å². The van der Waals surface area contributed by atoms with Crippen molar-refractivity contribution in [2.24, 2.45) is 16.2 Å². The highest BCUT2D eigenvalue weighted by atomic mass is 31.2. The van der Waals surface area contributed by atoms with Gasteiger partial charge in [0.15, 0.2) is 5.78 Å². The van der Waals surface area contributed by atoms with Gasteiger partial charge in [0.2, 0.25) is 0 Å². The summed E-state index contributed by atoms with van der Waals surface area (Å²) in [6.45, 7) is 10.9. The summed E-state index contributed by atoms with van der Waals surface area (Å²) in [6, 6.07) is 5.38. The average molecular weight is 770 g/mol. The minimum atomic E-state index is -4.33. The molecular formula is C38H78N2O11P+. The number of nitrogens with zero attached hydrogens (tertiary/aromatic N) is 2. The fourth-order valence-electron chi connectivity index (χ4n) is 5.25. The third-order valence-electron chi connectivity index (χ3n) is 7.77. The van der Waals surface area contributed by atoms with Gasteiger partial charge in [0.05, 0.1) is 50.1 Å². The summed E-state index contributed by atoms with van der Waals surface area (Å²) in [4.78, 5) is 60.5. The first-order valence-electron chi connectivity index (χ1n) is 15.6. The number of hydrogen-bond acceptors (Lipinski definition) is 10. The van der Waals surface area contributed by atoms with E-state index in [0.717, 1.165) is 6.42 Å². The van der Waals surface area contributed by atoms with Crippen LogP contribution in [-0.2, 0) is 32.7 Å². The maximum atomic E-state index is 13.6. The van der Waals surface area contributed by atoms with Gasteiger partial charge in [-0.15, -0.1) is 0 Å². The van der Waals surface area contributed by atoms with Crippen molar-refractivity contribution in [3.05, 3.63) is 39.9 Å². The van der Waals surface area contributed by atoms with Gasteiger partial charge in [-0.25, -0.2) is 4.57 Å². The van der Waals surface area contributed by atoms with E-state index < -0.39 is 40.9 Å². The van der Waals surface area contributed by atoms with E-state index in [1.54, 1.807) is 20.8 Å². The summed E-state index contributed by atoms with van der Waals surface area (Å²) in [7, 11) is 1.40. The van der Waals surface area contributed by atoms with Crippen LogP contribution >= 0.6 is 7.82 Å². The third-order valence-corrected chi connectivity index (χ3v) is 8.79. The van der Waals surface area contributed by atoms with E-state index in [1.165, 1.54) is 24.3 Å². The second kappa shape index (κ2) is 26.1. The number of unbranched alkanes of at least 4 members (excludes halogenated alkanes) is 1. The number of phosphoric ester groups is 1. The maximum Gasteiger partial charge on any atom is 0.472 e. The zero-order chi connectivity index (χ0) is 35.4. The molecule has 14 heteroatoms. The van der Waals surface area contributed by atoms with Gasteiger partial charge in [-0.1, -0.05) is 78.7 Å². The number of quaternary nitrogens is 1. The first-order valence-corrected chi connectivity index (χ1v) is 17.1. The van der Waals surface area contributed by atoms with Gasteiger partial charge < -0.3 is 18.9 Å². The molecule has 310 valence electrons. The number of benzene rings is 1. The topological polar surface area (TPSA) is 169 Å². The minimum absolute atomic E-state index is 0. The molecule has 0 saturated heterocycles. The Morgan fingerprint density at radius 3 is 1.73 bits per heavy atom. The summed E-state index contributed by atoms with van der Waals surface area (Å²) in [5, 5.41) is 11.0. The van der Waals surface area contributed by atoms with Gasteiger partial charge in [0.1, 0.15) is 19.8 Å². The third kappa shape index (κ3) is 21.7. The van der Waals surface area contributed by atoms with Crippen LogP contribution in [0.4, 0.5) is 5.69 Å². The number of ether oxygens (including phenoxy) is 2. The smallest absolute Gasteiger partial charge is 0.465 e. The molecule has 0 aliphatic carbocycles. The van der Waals surface area contributed by atoms with Gasteiger partial charge in [-0.2, -0.15) is 0 Å². The molecule has 0 fully saturated rings. The number of carbonyl (C=O) groups is 3. The van der Waals surface area contributed by atoms with Crippen LogP contribution in [-0.4, -0.2) is 86.1 Å². The molecule has 3 unspecified atom stereocenters. The lowest BCUT2D eigenvalue weighted by Gasteiger charge is -2.40. The molecule has 0 aliphatic heterocycles. The summed E-state index contributed by atoms with van der Waals surface area (Å²) in [6.07, 6.45) is 2.12. The lowest BCUT2D eigenvalue weighted by Crippen LogP contribution is -2.43. The Hall–Kier alpha value is -2.70. The van der Waals surface area contributed by atoms with Crippen LogP contribution in [0.2, 0.25) is 0 Å². The first-order chi connectivity index (χ1) is 21.1. The monoisotopic (exact) mass is 770 g/mol. The number of hydrogen-bond donors (Lipinski definition) is 1. The molecule has 13 nitrogen and oxygen atoms in total. The molecule has 0 amide bonds. The highest BCUT2D eigenvalue weighted by Gasteiger charge is 2.48. The summed E-state index contributed by atoms with van der Waals surface area (Å²) in [5.41, 5.74) is -2.85. The molecule has 1 N–H and O–H groups in total. The molecule has 0 radical (unpaired) electrons. The molecule has 52 heavy (non-hydrogen) atoms. The van der Waals surface area contributed by atoms with Crippen molar-refractivity contribution in [1.29, 1.82) is 0 Å². The van der Waals surface area contributed by atoms with E-state index in [0.29, 0.717) is 29.4 Å². The molecule has 1 aromatic carbocycles. The van der Waals surface area contributed by atoms with Crippen molar-refractivity contribution >= 4 is 31.2 Å². The number of phosphoric acid groups is 1. The summed E-state index contributed by atoms with van der Waals surface area (Å²) < 4.78 is 33.7. The number of nitro benzene ring substituents is 1. The molecule has 0 heterocycles. The van der Waals surface area contributed by atoms with Crippen LogP contribution in [0.25, 0.3) is 0 Å². The Labute approximate surface area is 317 Å². The lowest BCUT2D eigenvalue weighted by atomic mass is 9.64. The Morgan fingerprint density at radius 1 is 0.788 bits per heavy atom. The number of Topliss-reactive ketones (excluding diaryl/α,β-unsaturated/α-hetero) is 1. The average Bonchev–Trinajstić information content (AvgIpc) is 2.93. The number of carbonyl (C=O) groups excluding carboxylic acids is 3. The van der Waals surface area contributed by atoms with E-state index in [4.69, 9.17) is 18.5 Å². The second-order valence-corrected chi connectivity index (χ2v) is 15.6. The Morgan fingerprint density at radius 2 is 1.27 bits per heavy atom. The molecule has 0 bridgehead atoms. The van der Waals surface area contributed by atoms with Crippen LogP contribution in [0.5, 0.6) is 0 Å². The van der Waals surface area contributed by atoms with Crippen LogP contribution in [0, 0.1) is 26.4 Å². The van der Waals surface area contributed by atoms with E-state index in [9.17, 15) is 34.0 Å². The molecule has 1 rings (SSSR count). The number of likely N-dealkylation sites (N-methyl/N-ethyl adjacent to an activating group) is 1. The molecule has 0 aliphatic rings. The largest absolute Gasteiger partial charge is 0.472 e. The van der Waals surface area contributed by atoms with E-state index in [-0.39, 0.29) is 102 Å². The van der Waals surface area contributed by atoms with Gasteiger partial charge in [-0.3, -0.25) is 33.5 Å². The Bertz CT molecular complexity index is 1230. The maximum absolute atomic E-state index is 13.6. The lowest BCUT2D eigenvalue weighted by molar-refractivity contribution is -0.870. The molecular weight excluding hydrogens is 691 g/mol. The van der Waals surface area contributed by atoms with Crippen molar-refractivity contribution < 1.29 is 51.8 Å². The van der Waals surface area contributed by atoms with E-state index in [2.05, 4.69) is 0 Å². The SMILES string of the molecule is C.C.C.C.C.C.CCCCOC(=O)C(C)(CC(C)(C)CC(=O)c1ccc([N+](=O)[O-])cc1)CC(C)(CC)C(=O)OCCOP(=O)(O)OCC[N+](C)(C)C. The zero-order valence-corrected chi connectivity index (χ0v) is 29.9. The molecule has 0 aromatic heterocycles. The fraction of sp³-hybridized carbons (Fsp3) is 0.763. The number of rotatable bonds is 22. The summed E-state index contributed by atoms with van der Waals surface area (Å²) in [5.74, 6) is -1.33. The predicted octanol–water partition coefficient (Wildman–Crippen LogP) is 9.94. The predicted molar refractivity (Wildman–Crippen MR) is 213 cm³/mol. The van der Waals surface area contributed by atoms with Gasteiger partial charge in [-0.05, 0) is 57.1 Å². The van der Waals surface area contributed by atoms with Crippen LogP contribution in [0.15, 0.2) is 24.3 Å². The van der Waals surface area contributed by atoms with Crippen LogP contribution < -0.4 is 0 Å². The van der Waals surface area contributed by atoms with E-state index in [1.807, 2.05) is 41.9 Å². The zero-order valence-electron chi connectivity index (χ0n) is 29.0. The van der Waals surface area contributed by atoms with Crippen molar-refractivity contribution in [3.63, 3.8) is 0 Å². The number of nitro groups is 1. The second-order valence-electron chi connectivity index (χ2n) is 14.2. The molecule has 3 atom stereocenters. The minimum Gasteiger partial charge on any atom is -0.465 e. The number of non-ortho nitro benzene ring substituents is 1. The Kier molecular flexibility index (Phi) is 30.8. The number of ketones is 1. The Balaban J connectivity index is -0.000000882. The van der Waals surface area contributed by atoms with Crippen LogP contribution in [0.1, 0.15) is 135 Å². The van der Waals surface area contributed by atoms with Gasteiger partial charge in [0, 0.05) is 24.1 Å². The van der Waals surface area contributed by atoms with Gasteiger partial charge >= 0.3 is 19.8 Å². The highest BCUT2D eigenvalue weighted by Crippen LogP contribution is 2.47. The highest BCUT2D eigenvalue weighted by molar-refractivity contribution is 7.47. The van der Waals surface area contributed by atoms with Crippen molar-refractivity contribution in [1.82, 2.24) is 0 Å². The van der Waals surface area contributed by atoms with Crippen molar-refractivity contribution in [2.75, 3.05) is 54.1 Å². The van der Waals surface area contributed by atoms with Crippen molar-refractivity contribution in [2.45, 2.75) is 125 Å². The quantitative estimate of drug-likeness (QED) is 0.0227. The van der Waals surface area contributed by atoms with Crippen molar-refractivity contribution in [3.8, 4) is 0 Å². The number of esters is 2. The molecule has 1 aromatic rings.